The number of benzene rings is 2. The molecule has 2 heterocycles. The molecule has 0 saturated heterocycles. The molecule has 0 bridgehead atoms. The van der Waals surface area contributed by atoms with E-state index in [-0.39, 0.29) is 0 Å². The van der Waals surface area contributed by atoms with E-state index in [4.69, 9.17) is 5.73 Å². The van der Waals surface area contributed by atoms with E-state index in [2.05, 4.69) is 9.47 Å². The van der Waals surface area contributed by atoms with Gasteiger partial charge >= 0.3 is 0 Å². The van der Waals surface area contributed by atoms with Crippen LogP contribution in [0.4, 0.5) is 5.82 Å². The highest BCUT2D eigenvalue weighted by atomic mass is 32.1. The minimum atomic E-state index is 0.588. The third-order valence-electron chi connectivity index (χ3n) is 3.37. The standard InChI is InChI=1S/C16H12N4S/c17-15-10-13(11-6-2-1-3-7-11)18-20(15)16-12-8-4-5-9-14(12)21-19-16/h1-10H,17H2. The van der Waals surface area contributed by atoms with Gasteiger partial charge in [-0.3, -0.25) is 0 Å². The van der Waals surface area contributed by atoms with Crippen LogP contribution in [0.1, 0.15) is 0 Å². The first-order chi connectivity index (χ1) is 10.3. The zero-order valence-corrected chi connectivity index (χ0v) is 11.9. The van der Waals surface area contributed by atoms with Gasteiger partial charge in [-0.15, -0.1) is 0 Å². The Morgan fingerprint density at radius 1 is 0.952 bits per heavy atom. The minimum Gasteiger partial charge on any atom is -0.384 e. The van der Waals surface area contributed by atoms with Crippen LogP contribution in [0.25, 0.3) is 27.2 Å². The summed E-state index contributed by atoms with van der Waals surface area (Å²) >= 11 is 1.46. The molecule has 0 aliphatic carbocycles. The maximum Gasteiger partial charge on any atom is 0.176 e. The van der Waals surface area contributed by atoms with Gasteiger partial charge < -0.3 is 5.73 Å². The van der Waals surface area contributed by atoms with Crippen molar-refractivity contribution in [3.8, 4) is 17.1 Å². The van der Waals surface area contributed by atoms with Gasteiger partial charge in [0.25, 0.3) is 0 Å². The van der Waals surface area contributed by atoms with E-state index in [0.717, 1.165) is 27.2 Å². The van der Waals surface area contributed by atoms with Crippen molar-refractivity contribution < 1.29 is 0 Å². The van der Waals surface area contributed by atoms with Crippen molar-refractivity contribution in [1.82, 2.24) is 14.2 Å². The quantitative estimate of drug-likeness (QED) is 0.612. The molecule has 0 aliphatic heterocycles. The molecule has 21 heavy (non-hydrogen) atoms. The molecular weight excluding hydrogens is 280 g/mol. The first-order valence-electron chi connectivity index (χ1n) is 6.59. The minimum absolute atomic E-state index is 0.588. The average Bonchev–Trinajstić information content (AvgIpc) is 3.11. The molecule has 2 N–H and O–H groups in total. The van der Waals surface area contributed by atoms with E-state index < -0.39 is 0 Å². The molecule has 5 heteroatoms. The summed E-state index contributed by atoms with van der Waals surface area (Å²) in [5, 5.41) is 5.68. The summed E-state index contributed by atoms with van der Waals surface area (Å²) in [6.07, 6.45) is 0. The van der Waals surface area contributed by atoms with Crippen LogP contribution in [-0.2, 0) is 0 Å². The number of hydrogen-bond donors (Lipinski definition) is 1. The van der Waals surface area contributed by atoms with Gasteiger partial charge in [-0.25, -0.2) is 0 Å². The monoisotopic (exact) mass is 292 g/mol. The highest BCUT2D eigenvalue weighted by Crippen LogP contribution is 2.28. The fourth-order valence-electron chi connectivity index (χ4n) is 2.34. The molecule has 0 spiro atoms. The molecule has 0 atom stereocenters. The maximum absolute atomic E-state index is 6.13. The molecule has 0 amide bonds. The molecule has 0 fully saturated rings. The van der Waals surface area contributed by atoms with Gasteiger partial charge in [-0.1, -0.05) is 42.5 Å². The first kappa shape index (κ1) is 12.1. The zero-order chi connectivity index (χ0) is 14.2. The number of aromatic nitrogens is 3. The lowest BCUT2D eigenvalue weighted by Crippen LogP contribution is -2.02. The smallest absolute Gasteiger partial charge is 0.176 e. The summed E-state index contributed by atoms with van der Waals surface area (Å²) in [5.41, 5.74) is 8.02. The third-order valence-corrected chi connectivity index (χ3v) is 4.18. The van der Waals surface area contributed by atoms with Crippen molar-refractivity contribution in [2.24, 2.45) is 0 Å². The number of fused-ring (bicyclic) bond motifs is 1. The predicted octanol–water partition coefficient (Wildman–Crippen LogP) is 3.73. The van der Waals surface area contributed by atoms with E-state index in [9.17, 15) is 0 Å². The normalized spacial score (nSPS) is 11.0. The lowest BCUT2D eigenvalue weighted by Gasteiger charge is -2.00. The molecule has 2 aromatic heterocycles. The van der Waals surface area contributed by atoms with Crippen LogP contribution >= 0.6 is 11.5 Å². The Labute approximate surface area is 125 Å². The van der Waals surface area contributed by atoms with Crippen molar-refractivity contribution in [1.29, 1.82) is 0 Å². The molecular formula is C16H12N4S. The average molecular weight is 292 g/mol. The number of nitrogens with zero attached hydrogens (tertiary/aromatic N) is 3. The highest BCUT2D eigenvalue weighted by Gasteiger charge is 2.13. The van der Waals surface area contributed by atoms with E-state index in [1.807, 2.05) is 60.7 Å². The van der Waals surface area contributed by atoms with Gasteiger partial charge in [-0.2, -0.15) is 14.2 Å². The summed E-state index contributed by atoms with van der Waals surface area (Å²) in [6.45, 7) is 0. The van der Waals surface area contributed by atoms with Crippen molar-refractivity contribution >= 4 is 27.4 Å². The predicted molar refractivity (Wildman–Crippen MR) is 86.6 cm³/mol. The molecule has 0 aliphatic rings. The summed E-state index contributed by atoms with van der Waals surface area (Å²) < 4.78 is 7.33. The number of hydrogen-bond acceptors (Lipinski definition) is 4. The first-order valence-corrected chi connectivity index (χ1v) is 7.36. The fourth-order valence-corrected chi connectivity index (χ4v) is 3.10. The summed E-state index contributed by atoms with van der Waals surface area (Å²) in [6, 6.07) is 20.0. The second-order valence-corrected chi connectivity index (χ2v) is 5.54. The van der Waals surface area contributed by atoms with Crippen LogP contribution in [0.3, 0.4) is 0 Å². The van der Waals surface area contributed by atoms with Crippen molar-refractivity contribution in [3.05, 3.63) is 60.7 Å². The molecule has 0 unspecified atom stereocenters. The molecule has 0 saturated carbocycles. The van der Waals surface area contributed by atoms with E-state index >= 15 is 0 Å². The van der Waals surface area contributed by atoms with Crippen molar-refractivity contribution in [2.75, 3.05) is 5.73 Å². The van der Waals surface area contributed by atoms with Gasteiger partial charge in [0.2, 0.25) is 0 Å². The Morgan fingerprint density at radius 2 is 1.71 bits per heavy atom. The van der Waals surface area contributed by atoms with Crippen molar-refractivity contribution in [2.45, 2.75) is 0 Å². The third kappa shape index (κ3) is 1.98. The van der Waals surface area contributed by atoms with Gasteiger partial charge in [0.05, 0.1) is 10.4 Å². The molecule has 4 rings (SSSR count). The lowest BCUT2D eigenvalue weighted by molar-refractivity contribution is 0.882. The Hall–Kier alpha value is -2.66. The highest BCUT2D eigenvalue weighted by molar-refractivity contribution is 7.13. The number of nitrogen functional groups attached to an aromatic ring is 1. The van der Waals surface area contributed by atoms with E-state index in [1.54, 1.807) is 4.68 Å². The summed E-state index contributed by atoms with van der Waals surface area (Å²) in [4.78, 5) is 0. The number of rotatable bonds is 2. The van der Waals surface area contributed by atoms with Crippen LogP contribution < -0.4 is 5.73 Å². The Morgan fingerprint density at radius 3 is 2.57 bits per heavy atom. The van der Waals surface area contributed by atoms with Gasteiger partial charge in [-0.05, 0) is 23.7 Å². The molecule has 102 valence electrons. The van der Waals surface area contributed by atoms with E-state index in [0.29, 0.717) is 5.82 Å². The van der Waals surface area contributed by atoms with Crippen LogP contribution in [0.15, 0.2) is 60.7 Å². The largest absolute Gasteiger partial charge is 0.384 e. The maximum atomic E-state index is 6.13. The molecule has 0 radical (unpaired) electrons. The van der Waals surface area contributed by atoms with Crippen LogP contribution in [-0.4, -0.2) is 14.2 Å². The molecule has 4 aromatic rings. The second-order valence-electron chi connectivity index (χ2n) is 4.73. The fraction of sp³-hybridized carbons (Fsp3) is 0. The Balaban J connectivity index is 1.88. The molecule has 2 aromatic carbocycles. The summed E-state index contributed by atoms with van der Waals surface area (Å²) in [7, 11) is 0. The van der Waals surface area contributed by atoms with Crippen LogP contribution in [0.2, 0.25) is 0 Å². The van der Waals surface area contributed by atoms with Gasteiger partial charge in [0.15, 0.2) is 5.82 Å². The van der Waals surface area contributed by atoms with Crippen molar-refractivity contribution in [3.63, 3.8) is 0 Å². The second kappa shape index (κ2) is 4.71. The SMILES string of the molecule is Nc1cc(-c2ccccc2)nn1-c1nsc2ccccc12. The number of anilines is 1. The Kier molecular flexibility index (Phi) is 2.72. The summed E-state index contributed by atoms with van der Waals surface area (Å²) in [5.74, 6) is 1.38. The van der Waals surface area contributed by atoms with Gasteiger partial charge in [0.1, 0.15) is 5.82 Å². The zero-order valence-electron chi connectivity index (χ0n) is 11.1. The Bertz CT molecular complexity index is 908. The topological polar surface area (TPSA) is 56.7 Å². The van der Waals surface area contributed by atoms with Crippen LogP contribution in [0.5, 0.6) is 0 Å². The van der Waals surface area contributed by atoms with Gasteiger partial charge in [0, 0.05) is 17.0 Å². The van der Waals surface area contributed by atoms with E-state index in [1.165, 1.54) is 11.5 Å². The van der Waals surface area contributed by atoms with Crippen LogP contribution in [0, 0.1) is 0 Å². The number of nitrogens with two attached hydrogens (primary N) is 1. The lowest BCUT2D eigenvalue weighted by atomic mass is 10.2. The molecule has 4 nitrogen and oxygen atoms in total.